The van der Waals surface area contributed by atoms with Crippen LogP contribution >= 0.6 is 27.3 Å². The van der Waals surface area contributed by atoms with E-state index in [9.17, 15) is 9.90 Å². The Bertz CT molecular complexity index is 537. The van der Waals surface area contributed by atoms with Crippen molar-refractivity contribution < 1.29 is 14.3 Å². The maximum absolute atomic E-state index is 11.5. The van der Waals surface area contributed by atoms with E-state index in [-0.39, 0.29) is 0 Å². The number of carboxylic acid groups (broad SMARTS) is 1. The van der Waals surface area contributed by atoms with E-state index in [0.29, 0.717) is 17.0 Å². The zero-order chi connectivity index (χ0) is 13.2. The van der Waals surface area contributed by atoms with Gasteiger partial charge in [0.2, 0.25) is 0 Å². The Morgan fingerprint density at radius 3 is 2.83 bits per heavy atom. The standard InChI is InChI=1S/C12H12BrNO3S/c1-12(11(15)16,9-4-5-10(13)17-9)14-7-8-3-2-6-18-8/h2-6,14H,7H2,1H3,(H,15,16). The number of carbonyl (C=O) groups is 1. The molecule has 1 unspecified atom stereocenters. The first-order chi connectivity index (χ1) is 8.52. The minimum Gasteiger partial charge on any atom is -0.480 e. The Hall–Kier alpha value is -1.11. The highest BCUT2D eigenvalue weighted by molar-refractivity contribution is 9.10. The van der Waals surface area contributed by atoms with Gasteiger partial charge in [0.15, 0.2) is 10.2 Å². The molecular formula is C12H12BrNO3S. The largest absolute Gasteiger partial charge is 0.480 e. The highest BCUT2D eigenvalue weighted by atomic mass is 79.9. The summed E-state index contributed by atoms with van der Waals surface area (Å²) in [6.45, 7) is 2.08. The van der Waals surface area contributed by atoms with Crippen LogP contribution in [0.4, 0.5) is 0 Å². The van der Waals surface area contributed by atoms with Crippen LogP contribution in [0.25, 0.3) is 0 Å². The summed E-state index contributed by atoms with van der Waals surface area (Å²) in [6, 6.07) is 7.23. The van der Waals surface area contributed by atoms with Crippen molar-refractivity contribution in [2.75, 3.05) is 0 Å². The van der Waals surface area contributed by atoms with Gasteiger partial charge in [-0.15, -0.1) is 11.3 Å². The van der Waals surface area contributed by atoms with Gasteiger partial charge in [0.05, 0.1) is 0 Å². The Labute approximate surface area is 117 Å². The van der Waals surface area contributed by atoms with Crippen molar-refractivity contribution in [3.05, 3.63) is 45.0 Å². The van der Waals surface area contributed by atoms with Crippen molar-refractivity contribution in [3.8, 4) is 0 Å². The molecule has 0 aliphatic rings. The summed E-state index contributed by atoms with van der Waals surface area (Å²) in [7, 11) is 0. The zero-order valence-electron chi connectivity index (χ0n) is 9.64. The fraction of sp³-hybridized carbons (Fsp3) is 0.250. The Kier molecular flexibility index (Phi) is 3.89. The maximum atomic E-state index is 11.5. The summed E-state index contributed by atoms with van der Waals surface area (Å²) in [5, 5.41) is 14.4. The number of rotatable bonds is 5. The second-order valence-electron chi connectivity index (χ2n) is 3.97. The van der Waals surface area contributed by atoms with Gasteiger partial charge in [-0.3, -0.25) is 5.32 Å². The number of thiophene rings is 1. The molecule has 6 heteroatoms. The molecule has 0 radical (unpaired) electrons. The van der Waals surface area contributed by atoms with Crippen LogP contribution in [0.3, 0.4) is 0 Å². The lowest BCUT2D eigenvalue weighted by atomic mass is 9.99. The van der Waals surface area contributed by atoms with Gasteiger partial charge in [0.1, 0.15) is 5.76 Å². The summed E-state index contributed by atoms with van der Waals surface area (Å²) in [6.07, 6.45) is 0. The SMILES string of the molecule is CC(NCc1cccs1)(C(=O)O)c1ccc(Br)o1. The minimum absolute atomic E-state index is 0.374. The fourth-order valence-corrected chi connectivity index (χ4v) is 2.48. The van der Waals surface area contributed by atoms with Crippen molar-refractivity contribution in [1.29, 1.82) is 0 Å². The lowest BCUT2D eigenvalue weighted by Gasteiger charge is -2.23. The van der Waals surface area contributed by atoms with Crippen LogP contribution in [0.1, 0.15) is 17.6 Å². The summed E-state index contributed by atoms with van der Waals surface area (Å²) < 4.78 is 5.87. The number of hydrogen-bond donors (Lipinski definition) is 2. The summed E-state index contributed by atoms with van der Waals surface area (Å²) in [4.78, 5) is 12.5. The van der Waals surface area contributed by atoms with Gasteiger partial charge in [-0.2, -0.15) is 0 Å². The Morgan fingerprint density at radius 2 is 2.33 bits per heavy atom. The molecule has 96 valence electrons. The molecule has 0 bridgehead atoms. The molecule has 2 aromatic rings. The molecular weight excluding hydrogens is 318 g/mol. The van der Waals surface area contributed by atoms with Gasteiger partial charge in [-0.1, -0.05) is 6.07 Å². The molecule has 0 amide bonds. The summed E-state index contributed by atoms with van der Waals surface area (Å²) >= 11 is 4.76. The summed E-state index contributed by atoms with van der Waals surface area (Å²) in [5.41, 5.74) is -1.24. The van der Waals surface area contributed by atoms with E-state index in [1.54, 1.807) is 30.4 Å². The molecule has 18 heavy (non-hydrogen) atoms. The van der Waals surface area contributed by atoms with E-state index in [1.807, 2.05) is 17.5 Å². The molecule has 2 rings (SSSR count). The third-order valence-electron chi connectivity index (χ3n) is 2.69. The highest BCUT2D eigenvalue weighted by Gasteiger charge is 2.38. The van der Waals surface area contributed by atoms with E-state index >= 15 is 0 Å². The molecule has 0 aliphatic heterocycles. The number of hydrogen-bond acceptors (Lipinski definition) is 4. The van der Waals surface area contributed by atoms with Crippen LogP contribution in [-0.4, -0.2) is 11.1 Å². The monoisotopic (exact) mass is 329 g/mol. The van der Waals surface area contributed by atoms with Crippen molar-refractivity contribution >= 4 is 33.2 Å². The topological polar surface area (TPSA) is 62.5 Å². The first kappa shape index (κ1) is 13.3. The maximum Gasteiger partial charge on any atom is 0.331 e. The zero-order valence-corrected chi connectivity index (χ0v) is 12.0. The second-order valence-corrected chi connectivity index (χ2v) is 5.78. The van der Waals surface area contributed by atoms with Gasteiger partial charge >= 0.3 is 5.97 Å². The molecule has 0 spiro atoms. The smallest absolute Gasteiger partial charge is 0.331 e. The molecule has 2 aromatic heterocycles. The van der Waals surface area contributed by atoms with Crippen LogP contribution in [0.2, 0.25) is 0 Å². The van der Waals surface area contributed by atoms with E-state index in [4.69, 9.17) is 4.42 Å². The van der Waals surface area contributed by atoms with Gasteiger partial charge in [0, 0.05) is 11.4 Å². The molecule has 4 nitrogen and oxygen atoms in total. The van der Waals surface area contributed by atoms with Crippen LogP contribution in [0, 0.1) is 0 Å². The van der Waals surface area contributed by atoms with E-state index in [0.717, 1.165) is 4.88 Å². The van der Waals surface area contributed by atoms with Crippen molar-refractivity contribution in [3.63, 3.8) is 0 Å². The van der Waals surface area contributed by atoms with Crippen molar-refractivity contribution in [2.24, 2.45) is 0 Å². The van der Waals surface area contributed by atoms with Crippen LogP contribution in [0.15, 0.2) is 38.7 Å². The van der Waals surface area contributed by atoms with Crippen LogP contribution in [-0.2, 0) is 16.9 Å². The Balaban J connectivity index is 2.19. The predicted octanol–water partition coefficient (Wildman–Crippen LogP) is 3.19. The third kappa shape index (κ3) is 2.66. The highest BCUT2D eigenvalue weighted by Crippen LogP contribution is 2.26. The lowest BCUT2D eigenvalue weighted by Crippen LogP contribution is -2.45. The van der Waals surface area contributed by atoms with Gasteiger partial charge < -0.3 is 9.52 Å². The number of nitrogens with one attached hydrogen (secondary N) is 1. The van der Waals surface area contributed by atoms with E-state index in [1.165, 1.54) is 0 Å². The molecule has 0 saturated carbocycles. The number of halogens is 1. The first-order valence-electron chi connectivity index (χ1n) is 5.29. The molecule has 0 saturated heterocycles. The Morgan fingerprint density at radius 1 is 1.56 bits per heavy atom. The minimum atomic E-state index is -1.24. The molecule has 0 aromatic carbocycles. The van der Waals surface area contributed by atoms with Crippen molar-refractivity contribution in [2.45, 2.75) is 19.0 Å². The fourth-order valence-electron chi connectivity index (χ4n) is 1.53. The third-order valence-corrected chi connectivity index (χ3v) is 3.99. The van der Waals surface area contributed by atoms with Crippen LogP contribution < -0.4 is 5.32 Å². The molecule has 2 heterocycles. The lowest BCUT2D eigenvalue weighted by molar-refractivity contribution is -0.145. The summed E-state index contributed by atoms with van der Waals surface area (Å²) in [5.74, 6) is -0.598. The number of carboxylic acids is 1. The van der Waals surface area contributed by atoms with Crippen LogP contribution in [0.5, 0.6) is 0 Å². The van der Waals surface area contributed by atoms with E-state index in [2.05, 4.69) is 21.2 Å². The average Bonchev–Trinajstić information content (AvgIpc) is 2.96. The average molecular weight is 330 g/mol. The molecule has 2 N–H and O–H groups in total. The quantitative estimate of drug-likeness (QED) is 0.884. The normalized spacial score (nSPS) is 14.3. The van der Waals surface area contributed by atoms with E-state index < -0.39 is 11.5 Å². The molecule has 1 atom stereocenters. The van der Waals surface area contributed by atoms with Gasteiger partial charge in [-0.05, 0) is 46.4 Å². The molecule has 0 fully saturated rings. The van der Waals surface area contributed by atoms with Gasteiger partial charge in [0.25, 0.3) is 0 Å². The second kappa shape index (κ2) is 5.26. The number of aliphatic carboxylic acids is 1. The molecule has 0 aliphatic carbocycles. The number of furan rings is 1. The van der Waals surface area contributed by atoms with Crippen molar-refractivity contribution in [1.82, 2.24) is 5.32 Å². The first-order valence-corrected chi connectivity index (χ1v) is 6.96. The predicted molar refractivity (Wildman–Crippen MR) is 72.6 cm³/mol. The van der Waals surface area contributed by atoms with Gasteiger partial charge in [-0.25, -0.2) is 4.79 Å².